The summed E-state index contributed by atoms with van der Waals surface area (Å²) in [6, 6.07) is 3.75. The van der Waals surface area contributed by atoms with Gasteiger partial charge in [0.15, 0.2) is 5.82 Å². The maximum absolute atomic E-state index is 15.1. The molecule has 1 aliphatic rings. The third-order valence-electron chi connectivity index (χ3n) is 6.39. The van der Waals surface area contributed by atoms with E-state index in [1.807, 2.05) is 0 Å². The first-order valence-corrected chi connectivity index (χ1v) is 11.9. The number of aromatic nitrogens is 5. The maximum atomic E-state index is 15.1. The van der Waals surface area contributed by atoms with Crippen LogP contribution < -0.4 is 10.2 Å². The van der Waals surface area contributed by atoms with Crippen LogP contribution in [0.15, 0.2) is 35.2 Å². The number of anilines is 3. The van der Waals surface area contributed by atoms with Crippen molar-refractivity contribution in [2.75, 3.05) is 37.4 Å². The Kier molecular flexibility index (Phi) is 6.82. The Morgan fingerprint density at radius 3 is 2.56 bits per heavy atom. The van der Waals surface area contributed by atoms with Gasteiger partial charge in [-0.1, -0.05) is 0 Å². The van der Waals surface area contributed by atoms with Crippen molar-refractivity contribution in [3.8, 4) is 0 Å². The second kappa shape index (κ2) is 10.1. The van der Waals surface area contributed by atoms with Gasteiger partial charge in [0.1, 0.15) is 30.0 Å². The van der Waals surface area contributed by atoms with Gasteiger partial charge in [0, 0.05) is 45.0 Å². The van der Waals surface area contributed by atoms with Crippen LogP contribution in [0.2, 0.25) is 0 Å². The summed E-state index contributed by atoms with van der Waals surface area (Å²) in [6.45, 7) is 0.798. The standard InChI is InChI=1S/C24H23F5N8O2/c1-35(2)22(38)13-3-4-17(15(25)9-13)32-20-19-16(26)11-37(21(19)31-12-30-20)14-5-7-36(8-6-14)23-33-18(39-34-23)10-24(27,28)29/h3-4,9,11-12,14H,5-8,10H2,1-2H3,(H,30,31,32). The summed E-state index contributed by atoms with van der Waals surface area (Å²) in [5.74, 6) is -2.05. The van der Waals surface area contributed by atoms with Gasteiger partial charge in [-0.15, -0.1) is 0 Å². The number of amides is 1. The lowest BCUT2D eigenvalue weighted by atomic mass is 10.1. The lowest BCUT2D eigenvalue weighted by Crippen LogP contribution is -2.35. The molecular weight excluding hydrogens is 527 g/mol. The Hall–Kier alpha value is -4.30. The molecule has 0 spiro atoms. The molecule has 5 rings (SSSR count). The third kappa shape index (κ3) is 5.47. The number of piperidine rings is 1. The molecule has 0 unspecified atom stereocenters. The summed E-state index contributed by atoms with van der Waals surface area (Å²) in [7, 11) is 3.11. The first-order valence-electron chi connectivity index (χ1n) is 11.9. The molecule has 1 aromatic carbocycles. The van der Waals surface area contributed by atoms with Gasteiger partial charge in [-0.05, 0) is 36.2 Å². The summed E-state index contributed by atoms with van der Waals surface area (Å²) < 4.78 is 74.0. The van der Waals surface area contributed by atoms with Crippen molar-refractivity contribution in [2.24, 2.45) is 0 Å². The topological polar surface area (TPSA) is 105 Å². The smallest absolute Gasteiger partial charge is 0.345 e. The normalized spacial score (nSPS) is 14.7. The number of alkyl halides is 3. The van der Waals surface area contributed by atoms with E-state index in [1.54, 1.807) is 23.6 Å². The minimum absolute atomic E-state index is 0.00997. The van der Waals surface area contributed by atoms with E-state index in [1.165, 1.54) is 29.6 Å². The van der Waals surface area contributed by atoms with Crippen LogP contribution in [0.3, 0.4) is 0 Å². The Labute approximate surface area is 218 Å². The number of carbonyl (C=O) groups excluding carboxylic acids is 1. The molecule has 15 heteroatoms. The summed E-state index contributed by atoms with van der Waals surface area (Å²) in [5, 5.41) is 6.52. The molecular formula is C24H23F5N8O2. The molecule has 0 saturated carbocycles. The number of nitrogens with one attached hydrogen (secondary N) is 1. The highest BCUT2D eigenvalue weighted by Crippen LogP contribution is 2.34. The van der Waals surface area contributed by atoms with Crippen LogP contribution >= 0.6 is 0 Å². The van der Waals surface area contributed by atoms with Crippen molar-refractivity contribution in [2.45, 2.75) is 31.5 Å². The third-order valence-corrected chi connectivity index (χ3v) is 6.39. The van der Waals surface area contributed by atoms with E-state index in [4.69, 9.17) is 4.52 Å². The number of hydrogen-bond donors (Lipinski definition) is 1. The van der Waals surface area contributed by atoms with Crippen LogP contribution in [0.1, 0.15) is 35.1 Å². The zero-order chi connectivity index (χ0) is 27.9. The molecule has 10 nitrogen and oxygen atoms in total. The Balaban J connectivity index is 1.33. The molecule has 206 valence electrons. The van der Waals surface area contributed by atoms with Crippen molar-refractivity contribution < 1.29 is 31.3 Å². The highest BCUT2D eigenvalue weighted by Gasteiger charge is 2.32. The summed E-state index contributed by atoms with van der Waals surface area (Å²) in [4.78, 5) is 27.3. The predicted octanol–water partition coefficient (Wildman–Crippen LogP) is 4.48. The molecule has 4 heterocycles. The number of halogens is 5. The first kappa shape index (κ1) is 26.3. The number of carbonyl (C=O) groups is 1. The largest absolute Gasteiger partial charge is 0.397 e. The molecule has 1 saturated heterocycles. The highest BCUT2D eigenvalue weighted by molar-refractivity contribution is 5.95. The van der Waals surface area contributed by atoms with Gasteiger partial charge in [0.25, 0.3) is 11.9 Å². The van der Waals surface area contributed by atoms with Crippen LogP contribution in [0, 0.1) is 11.6 Å². The molecule has 0 aliphatic carbocycles. The van der Waals surface area contributed by atoms with Gasteiger partial charge in [0.05, 0.1) is 11.1 Å². The fourth-order valence-corrected chi connectivity index (χ4v) is 4.51. The summed E-state index contributed by atoms with van der Waals surface area (Å²) >= 11 is 0. The van der Waals surface area contributed by atoms with Gasteiger partial charge in [-0.2, -0.15) is 18.2 Å². The van der Waals surface area contributed by atoms with Crippen LogP contribution in [-0.4, -0.2) is 68.8 Å². The molecule has 1 N–H and O–H groups in total. The summed E-state index contributed by atoms with van der Waals surface area (Å²) in [5.41, 5.74) is 0.475. The Morgan fingerprint density at radius 1 is 1.15 bits per heavy atom. The van der Waals surface area contributed by atoms with Gasteiger partial charge in [-0.3, -0.25) is 4.79 Å². The van der Waals surface area contributed by atoms with Crippen molar-refractivity contribution in [3.63, 3.8) is 0 Å². The average Bonchev–Trinajstić information content (AvgIpc) is 3.48. The van der Waals surface area contributed by atoms with E-state index in [9.17, 15) is 22.4 Å². The second-order valence-corrected chi connectivity index (χ2v) is 9.32. The average molecular weight is 550 g/mol. The van der Waals surface area contributed by atoms with E-state index in [0.29, 0.717) is 31.6 Å². The van der Waals surface area contributed by atoms with Gasteiger partial charge in [0.2, 0.25) is 5.89 Å². The zero-order valence-electron chi connectivity index (χ0n) is 20.8. The second-order valence-electron chi connectivity index (χ2n) is 9.32. The molecule has 0 bridgehead atoms. The van der Waals surface area contributed by atoms with Crippen LogP contribution in [0.5, 0.6) is 0 Å². The molecule has 0 atom stereocenters. The molecule has 39 heavy (non-hydrogen) atoms. The molecule has 4 aromatic rings. The predicted molar refractivity (Wildman–Crippen MR) is 130 cm³/mol. The maximum Gasteiger partial charge on any atom is 0.397 e. The number of fused-ring (bicyclic) bond motifs is 1. The molecule has 1 amide bonds. The number of hydrogen-bond acceptors (Lipinski definition) is 8. The lowest BCUT2D eigenvalue weighted by Gasteiger charge is -2.31. The van der Waals surface area contributed by atoms with Crippen molar-refractivity contribution in [1.82, 2.24) is 29.6 Å². The van der Waals surface area contributed by atoms with Gasteiger partial charge >= 0.3 is 6.18 Å². The molecule has 0 radical (unpaired) electrons. The van der Waals surface area contributed by atoms with E-state index < -0.39 is 30.1 Å². The summed E-state index contributed by atoms with van der Waals surface area (Å²) in [6.07, 6.45) is -2.20. The van der Waals surface area contributed by atoms with Crippen molar-refractivity contribution >= 4 is 34.4 Å². The Morgan fingerprint density at radius 2 is 1.90 bits per heavy atom. The lowest BCUT2D eigenvalue weighted by molar-refractivity contribution is -0.131. The van der Waals surface area contributed by atoms with Crippen LogP contribution in [-0.2, 0) is 6.42 Å². The van der Waals surface area contributed by atoms with E-state index in [0.717, 1.165) is 6.07 Å². The van der Waals surface area contributed by atoms with Crippen molar-refractivity contribution in [1.29, 1.82) is 0 Å². The quantitative estimate of drug-likeness (QED) is 0.351. The van der Waals surface area contributed by atoms with Crippen LogP contribution in [0.4, 0.5) is 39.4 Å². The fourth-order valence-electron chi connectivity index (χ4n) is 4.51. The molecule has 1 aliphatic heterocycles. The highest BCUT2D eigenvalue weighted by atomic mass is 19.4. The van der Waals surface area contributed by atoms with Gasteiger partial charge in [-0.25, -0.2) is 18.7 Å². The van der Waals surface area contributed by atoms with E-state index in [2.05, 4.69) is 25.4 Å². The number of rotatable bonds is 6. The minimum Gasteiger partial charge on any atom is -0.345 e. The SMILES string of the molecule is CN(C)C(=O)c1ccc(Nc2ncnc3c2c(F)cn3C2CCN(c3noc(CC(F)(F)F)n3)CC2)c(F)c1. The van der Waals surface area contributed by atoms with Crippen LogP contribution in [0.25, 0.3) is 11.0 Å². The number of nitrogens with zero attached hydrogens (tertiary/aromatic N) is 7. The van der Waals surface area contributed by atoms with Crippen molar-refractivity contribution in [3.05, 3.63) is 53.8 Å². The van der Waals surface area contributed by atoms with E-state index >= 15 is 4.39 Å². The molecule has 1 fully saturated rings. The minimum atomic E-state index is -4.45. The Bertz CT molecular complexity index is 1510. The molecule has 3 aromatic heterocycles. The number of benzene rings is 1. The first-order chi connectivity index (χ1) is 18.5. The van der Waals surface area contributed by atoms with Gasteiger partial charge < -0.3 is 24.2 Å². The monoisotopic (exact) mass is 550 g/mol. The fraction of sp³-hybridized carbons (Fsp3) is 0.375. The van der Waals surface area contributed by atoms with E-state index in [-0.39, 0.29) is 40.4 Å². The zero-order valence-corrected chi connectivity index (χ0v) is 20.8.